The van der Waals surface area contributed by atoms with E-state index in [4.69, 9.17) is 10.3 Å². The molecule has 2 N–H and O–H groups in total. The van der Waals surface area contributed by atoms with E-state index in [-0.39, 0.29) is 0 Å². The fourth-order valence-electron chi connectivity index (χ4n) is 3.19. The van der Waals surface area contributed by atoms with Crippen LogP contribution < -0.4 is 15.5 Å². The number of rotatable bonds is 6. The molecular weight excluding hydrogens is 252 g/mol. The molecule has 0 aliphatic carbocycles. The van der Waals surface area contributed by atoms with Gasteiger partial charge in [0, 0.05) is 6.42 Å². The summed E-state index contributed by atoms with van der Waals surface area (Å²) in [5, 5.41) is 6.51. The average molecular weight is 281 g/mol. The van der Waals surface area contributed by atoms with E-state index < -0.39 is 0 Å². The van der Waals surface area contributed by atoms with Crippen molar-refractivity contribution in [3.63, 3.8) is 0 Å². The van der Waals surface area contributed by atoms with Gasteiger partial charge < -0.3 is 5.73 Å². The minimum Gasteiger partial charge on any atom is -0.362 e. The van der Waals surface area contributed by atoms with Crippen LogP contribution in [0.5, 0.6) is 0 Å². The number of anilines is 1. The van der Waals surface area contributed by atoms with E-state index in [1.54, 1.807) is 0 Å². The molecule has 0 saturated carbocycles. The standard InChI is InChI=1S/C15H29N4O/c1-4-5-6-7-11-14-15(16)20-17-19(14)18-12(2)9-8-10-13(18)3/h12-13H,4-11,16H2,1-3H3/q+1. The lowest BCUT2D eigenvalue weighted by Gasteiger charge is -2.32. The Morgan fingerprint density at radius 2 is 1.95 bits per heavy atom. The highest BCUT2D eigenvalue weighted by atomic mass is 16.5. The largest absolute Gasteiger partial charge is 0.362 e. The van der Waals surface area contributed by atoms with Gasteiger partial charge in [0.15, 0.2) is 0 Å². The van der Waals surface area contributed by atoms with Crippen molar-refractivity contribution in [2.45, 2.75) is 84.2 Å². The highest BCUT2D eigenvalue weighted by Gasteiger charge is 2.37. The summed E-state index contributed by atoms with van der Waals surface area (Å²) in [6, 6.07) is 0.977. The molecule has 20 heavy (non-hydrogen) atoms. The lowest BCUT2D eigenvalue weighted by molar-refractivity contribution is -0.771. The normalized spacial score (nSPS) is 23.2. The van der Waals surface area contributed by atoms with Gasteiger partial charge in [-0.2, -0.15) is 0 Å². The Balaban J connectivity index is 2.10. The molecule has 2 atom stereocenters. The van der Waals surface area contributed by atoms with Crippen molar-refractivity contribution in [3.8, 4) is 0 Å². The van der Waals surface area contributed by atoms with E-state index in [2.05, 4.69) is 31.1 Å². The first kappa shape index (κ1) is 15.1. The molecule has 2 heterocycles. The van der Waals surface area contributed by atoms with Gasteiger partial charge in [0.2, 0.25) is 5.27 Å². The van der Waals surface area contributed by atoms with Crippen LogP contribution in [0.15, 0.2) is 4.52 Å². The molecule has 0 aromatic carbocycles. The Morgan fingerprint density at radius 1 is 1.25 bits per heavy atom. The van der Waals surface area contributed by atoms with E-state index >= 15 is 0 Å². The monoisotopic (exact) mass is 281 g/mol. The van der Waals surface area contributed by atoms with E-state index in [9.17, 15) is 0 Å². The molecule has 1 aromatic heterocycles. The summed E-state index contributed by atoms with van der Waals surface area (Å²) < 4.78 is 5.25. The lowest BCUT2D eigenvalue weighted by atomic mass is 10.00. The second kappa shape index (κ2) is 6.95. The zero-order chi connectivity index (χ0) is 14.5. The van der Waals surface area contributed by atoms with Gasteiger partial charge in [-0.3, -0.25) is 4.52 Å². The third kappa shape index (κ3) is 3.25. The molecule has 114 valence electrons. The van der Waals surface area contributed by atoms with Crippen molar-refractivity contribution in [3.05, 3.63) is 5.69 Å². The van der Waals surface area contributed by atoms with Crippen molar-refractivity contribution in [2.75, 3.05) is 10.7 Å². The molecule has 0 amide bonds. The number of nitrogen functional groups attached to an aromatic ring is 1. The molecule has 0 spiro atoms. The molecule has 5 heteroatoms. The van der Waals surface area contributed by atoms with Gasteiger partial charge in [-0.1, -0.05) is 26.2 Å². The number of aromatic nitrogens is 2. The molecule has 1 aliphatic rings. The molecule has 1 fully saturated rings. The summed E-state index contributed by atoms with van der Waals surface area (Å²) >= 11 is 0. The summed E-state index contributed by atoms with van der Waals surface area (Å²) in [5.41, 5.74) is 7.02. The maximum atomic E-state index is 5.98. The van der Waals surface area contributed by atoms with Gasteiger partial charge in [0.05, 0.1) is 16.9 Å². The fourth-order valence-corrected chi connectivity index (χ4v) is 3.19. The molecular formula is C15H29N4O+. The molecule has 2 unspecified atom stereocenters. The van der Waals surface area contributed by atoms with Gasteiger partial charge in [-0.05, 0) is 39.5 Å². The van der Waals surface area contributed by atoms with Crippen molar-refractivity contribution in [1.29, 1.82) is 0 Å². The minimum absolute atomic E-state index is 0.478. The van der Waals surface area contributed by atoms with E-state index in [1.807, 2.05) is 4.79 Å². The fraction of sp³-hybridized carbons (Fsp3) is 0.867. The first-order valence-electron chi connectivity index (χ1n) is 8.10. The highest BCUT2D eigenvalue weighted by molar-refractivity contribution is 5.25. The summed E-state index contributed by atoms with van der Waals surface area (Å²) in [5.74, 6) is 0.478. The molecule has 0 radical (unpaired) electrons. The van der Waals surface area contributed by atoms with Gasteiger partial charge >= 0.3 is 5.69 Å². The number of nitrogens with zero attached hydrogens (tertiary/aromatic N) is 3. The van der Waals surface area contributed by atoms with Crippen LogP contribution in [0.25, 0.3) is 0 Å². The average Bonchev–Trinajstić information content (AvgIpc) is 2.76. The van der Waals surface area contributed by atoms with Crippen molar-refractivity contribution >= 4 is 5.88 Å². The number of unbranched alkanes of at least 4 members (excludes halogenated alkanes) is 3. The predicted octanol–water partition coefficient (Wildman–Crippen LogP) is 2.57. The Hall–Kier alpha value is -1.26. The smallest absolute Gasteiger partial charge is 0.307 e. The van der Waals surface area contributed by atoms with E-state index in [1.165, 1.54) is 38.5 Å². The van der Waals surface area contributed by atoms with E-state index in [0.29, 0.717) is 18.0 Å². The van der Waals surface area contributed by atoms with Gasteiger partial charge in [0.1, 0.15) is 0 Å². The molecule has 1 saturated heterocycles. The van der Waals surface area contributed by atoms with Crippen molar-refractivity contribution < 1.29 is 9.31 Å². The quantitative estimate of drug-likeness (QED) is 0.643. The summed E-state index contributed by atoms with van der Waals surface area (Å²) in [4.78, 5) is 1.94. The first-order valence-corrected chi connectivity index (χ1v) is 8.10. The third-order valence-electron chi connectivity index (χ3n) is 4.38. The van der Waals surface area contributed by atoms with Crippen LogP contribution in [0.4, 0.5) is 5.88 Å². The lowest BCUT2D eigenvalue weighted by Crippen LogP contribution is -2.69. The summed E-state index contributed by atoms with van der Waals surface area (Å²) in [7, 11) is 0. The Bertz CT molecular complexity index is 408. The van der Waals surface area contributed by atoms with Crippen LogP contribution >= 0.6 is 0 Å². The van der Waals surface area contributed by atoms with Crippen LogP contribution in [-0.4, -0.2) is 17.4 Å². The predicted molar refractivity (Wildman–Crippen MR) is 79.9 cm³/mol. The number of piperidine rings is 1. The molecule has 1 aromatic rings. The number of nitrogens with two attached hydrogens (primary N) is 1. The molecule has 2 rings (SSSR count). The minimum atomic E-state index is 0.478. The van der Waals surface area contributed by atoms with Crippen LogP contribution in [-0.2, 0) is 6.42 Å². The van der Waals surface area contributed by atoms with Crippen LogP contribution in [0.2, 0.25) is 0 Å². The molecule has 5 nitrogen and oxygen atoms in total. The maximum absolute atomic E-state index is 5.98. The SMILES string of the molecule is CCCCCCc1c(N)on[n+]1N1C(C)CCCC1C. The Labute approximate surface area is 122 Å². The third-order valence-corrected chi connectivity index (χ3v) is 4.38. The van der Waals surface area contributed by atoms with Crippen LogP contribution in [0.1, 0.15) is 71.4 Å². The maximum Gasteiger partial charge on any atom is 0.307 e. The van der Waals surface area contributed by atoms with E-state index in [0.717, 1.165) is 18.5 Å². The Morgan fingerprint density at radius 3 is 2.60 bits per heavy atom. The number of hydrogen-bond donors (Lipinski definition) is 1. The zero-order valence-electron chi connectivity index (χ0n) is 13.1. The van der Waals surface area contributed by atoms with Gasteiger partial charge in [0.25, 0.3) is 5.88 Å². The van der Waals surface area contributed by atoms with Gasteiger partial charge in [-0.25, -0.2) is 0 Å². The van der Waals surface area contributed by atoms with Gasteiger partial charge in [-0.15, -0.1) is 5.01 Å². The molecule has 1 aliphatic heterocycles. The first-order chi connectivity index (χ1) is 9.65. The second-order valence-electron chi connectivity index (χ2n) is 6.09. The van der Waals surface area contributed by atoms with Crippen molar-refractivity contribution in [2.24, 2.45) is 0 Å². The van der Waals surface area contributed by atoms with Crippen LogP contribution in [0, 0.1) is 0 Å². The van der Waals surface area contributed by atoms with Crippen molar-refractivity contribution in [1.82, 2.24) is 5.27 Å². The zero-order valence-corrected chi connectivity index (χ0v) is 13.1. The Kier molecular flexibility index (Phi) is 5.26. The topological polar surface area (TPSA) is 59.2 Å². The van der Waals surface area contributed by atoms with Crippen LogP contribution in [0.3, 0.4) is 0 Å². The summed E-state index contributed by atoms with van der Waals surface area (Å²) in [6.07, 6.45) is 9.58. The molecule has 0 bridgehead atoms. The summed E-state index contributed by atoms with van der Waals surface area (Å²) in [6.45, 7) is 6.74. The second-order valence-corrected chi connectivity index (χ2v) is 6.09. The number of hydrogen-bond acceptors (Lipinski definition) is 4. The highest BCUT2D eigenvalue weighted by Crippen LogP contribution is 2.20.